The number of hydrazine groups is 1. The second-order valence-electron chi connectivity index (χ2n) is 3.99. The summed E-state index contributed by atoms with van der Waals surface area (Å²) in [6, 6.07) is 3.96. The number of nitrogens with zero attached hydrogens (tertiary/aromatic N) is 2. The molecule has 1 saturated heterocycles. The maximum absolute atomic E-state index is 5.40. The molecule has 1 aliphatic rings. The van der Waals surface area contributed by atoms with Crippen LogP contribution in [0, 0.1) is 0 Å². The van der Waals surface area contributed by atoms with Crippen molar-refractivity contribution >= 4 is 11.5 Å². The number of hydrogen-bond acceptors (Lipinski definition) is 5. The third-order valence-corrected chi connectivity index (χ3v) is 2.97. The first-order valence-corrected chi connectivity index (χ1v) is 5.54. The van der Waals surface area contributed by atoms with Crippen LogP contribution in [0.2, 0.25) is 0 Å². The van der Waals surface area contributed by atoms with Crippen molar-refractivity contribution in [1.29, 1.82) is 0 Å². The number of nitrogens with one attached hydrogen (secondary N) is 1. The van der Waals surface area contributed by atoms with E-state index in [4.69, 9.17) is 10.6 Å². The fraction of sp³-hybridized carbons (Fsp3) is 0.545. The molecule has 5 nitrogen and oxygen atoms in total. The predicted octanol–water partition coefficient (Wildman–Crippen LogP) is 0.982. The zero-order valence-electron chi connectivity index (χ0n) is 9.52. The van der Waals surface area contributed by atoms with Crippen LogP contribution in [0.15, 0.2) is 18.3 Å². The number of rotatable bonds is 3. The standard InChI is InChI=1S/C11H18N4O/c1-16-10-3-2-6-15(8-10)9-4-5-13-11(7-9)14-12/h4-5,7,10H,2-3,6,8,12H2,1H3,(H,13,14). The monoisotopic (exact) mass is 222 g/mol. The lowest BCUT2D eigenvalue weighted by atomic mass is 10.1. The topological polar surface area (TPSA) is 63.4 Å². The molecule has 1 fully saturated rings. The van der Waals surface area contributed by atoms with E-state index in [0.717, 1.165) is 31.6 Å². The second kappa shape index (κ2) is 5.14. The van der Waals surface area contributed by atoms with Gasteiger partial charge >= 0.3 is 0 Å². The third kappa shape index (κ3) is 2.43. The van der Waals surface area contributed by atoms with Crippen molar-refractivity contribution in [3.05, 3.63) is 18.3 Å². The van der Waals surface area contributed by atoms with E-state index in [9.17, 15) is 0 Å². The molecule has 1 aliphatic heterocycles. The molecule has 88 valence electrons. The van der Waals surface area contributed by atoms with Crippen molar-refractivity contribution in [3.63, 3.8) is 0 Å². The van der Waals surface area contributed by atoms with Crippen LogP contribution < -0.4 is 16.2 Å². The molecule has 16 heavy (non-hydrogen) atoms. The van der Waals surface area contributed by atoms with Gasteiger partial charge in [-0.3, -0.25) is 0 Å². The Hall–Kier alpha value is -1.33. The Balaban J connectivity index is 2.10. The summed E-state index contributed by atoms with van der Waals surface area (Å²) in [5.41, 5.74) is 3.71. The number of hydrogen-bond donors (Lipinski definition) is 2. The van der Waals surface area contributed by atoms with Crippen molar-refractivity contribution < 1.29 is 4.74 Å². The molecule has 1 unspecified atom stereocenters. The lowest BCUT2D eigenvalue weighted by molar-refractivity contribution is 0.0893. The first-order chi connectivity index (χ1) is 7.83. The Labute approximate surface area is 95.6 Å². The van der Waals surface area contributed by atoms with Gasteiger partial charge < -0.3 is 15.1 Å². The van der Waals surface area contributed by atoms with Gasteiger partial charge in [0.25, 0.3) is 0 Å². The summed E-state index contributed by atoms with van der Waals surface area (Å²) in [5, 5.41) is 0. The van der Waals surface area contributed by atoms with Crippen molar-refractivity contribution in [2.24, 2.45) is 5.84 Å². The summed E-state index contributed by atoms with van der Waals surface area (Å²) in [6.07, 6.45) is 4.39. The van der Waals surface area contributed by atoms with Gasteiger partial charge in [0.2, 0.25) is 0 Å². The minimum absolute atomic E-state index is 0.330. The van der Waals surface area contributed by atoms with E-state index >= 15 is 0 Å². The van der Waals surface area contributed by atoms with Gasteiger partial charge in [-0.15, -0.1) is 0 Å². The molecule has 0 saturated carbocycles. The van der Waals surface area contributed by atoms with Crippen molar-refractivity contribution in [3.8, 4) is 0 Å². The van der Waals surface area contributed by atoms with Crippen molar-refractivity contribution in [1.82, 2.24) is 4.98 Å². The molecular formula is C11H18N4O. The normalized spacial score (nSPS) is 20.9. The number of methoxy groups -OCH3 is 1. The van der Waals surface area contributed by atoms with E-state index in [1.807, 2.05) is 12.1 Å². The zero-order valence-corrected chi connectivity index (χ0v) is 9.52. The maximum Gasteiger partial charge on any atom is 0.141 e. The summed E-state index contributed by atoms with van der Waals surface area (Å²) in [4.78, 5) is 6.40. The molecule has 0 aliphatic carbocycles. The van der Waals surface area contributed by atoms with Crippen LogP contribution in [-0.4, -0.2) is 31.3 Å². The van der Waals surface area contributed by atoms with Crippen molar-refractivity contribution in [2.45, 2.75) is 18.9 Å². The Bertz CT molecular complexity index is 345. The smallest absolute Gasteiger partial charge is 0.141 e. The highest BCUT2D eigenvalue weighted by Crippen LogP contribution is 2.22. The van der Waals surface area contributed by atoms with E-state index in [0.29, 0.717) is 11.9 Å². The fourth-order valence-electron chi connectivity index (χ4n) is 2.06. The molecule has 1 atom stereocenters. The average Bonchev–Trinajstić information content (AvgIpc) is 2.39. The van der Waals surface area contributed by atoms with Crippen LogP contribution in [0.5, 0.6) is 0 Å². The maximum atomic E-state index is 5.40. The van der Waals surface area contributed by atoms with Crippen LogP contribution in [0.4, 0.5) is 11.5 Å². The van der Waals surface area contributed by atoms with Gasteiger partial charge in [0, 0.05) is 38.1 Å². The van der Waals surface area contributed by atoms with E-state index < -0.39 is 0 Å². The summed E-state index contributed by atoms with van der Waals surface area (Å²) in [5.74, 6) is 6.04. The number of nitrogen functional groups attached to an aromatic ring is 1. The highest BCUT2D eigenvalue weighted by molar-refractivity contribution is 5.53. The van der Waals surface area contributed by atoms with Crippen LogP contribution >= 0.6 is 0 Å². The Morgan fingerprint density at radius 1 is 1.62 bits per heavy atom. The molecule has 0 aromatic carbocycles. The molecule has 5 heteroatoms. The molecule has 0 amide bonds. The van der Waals surface area contributed by atoms with E-state index in [1.54, 1.807) is 13.3 Å². The molecule has 2 rings (SSSR count). The van der Waals surface area contributed by atoms with Gasteiger partial charge in [-0.05, 0) is 18.9 Å². The predicted molar refractivity (Wildman–Crippen MR) is 64.3 cm³/mol. The van der Waals surface area contributed by atoms with Gasteiger partial charge in [0.15, 0.2) is 0 Å². The summed E-state index contributed by atoms with van der Waals surface area (Å²) < 4.78 is 5.40. The third-order valence-electron chi connectivity index (χ3n) is 2.97. The quantitative estimate of drug-likeness (QED) is 0.589. The van der Waals surface area contributed by atoms with E-state index in [-0.39, 0.29) is 0 Å². The molecule has 0 bridgehead atoms. The number of nitrogens with two attached hydrogens (primary N) is 1. The Morgan fingerprint density at radius 3 is 3.25 bits per heavy atom. The number of anilines is 2. The molecule has 0 radical (unpaired) electrons. The minimum atomic E-state index is 0.330. The van der Waals surface area contributed by atoms with Crippen LogP contribution in [0.1, 0.15) is 12.8 Å². The van der Waals surface area contributed by atoms with Gasteiger partial charge in [-0.2, -0.15) is 0 Å². The average molecular weight is 222 g/mol. The zero-order chi connectivity index (χ0) is 11.4. The van der Waals surface area contributed by atoms with E-state index in [1.165, 1.54) is 0 Å². The van der Waals surface area contributed by atoms with Crippen LogP contribution in [0.25, 0.3) is 0 Å². The molecular weight excluding hydrogens is 204 g/mol. The van der Waals surface area contributed by atoms with E-state index in [2.05, 4.69) is 15.3 Å². The lowest BCUT2D eigenvalue weighted by Crippen LogP contribution is -2.39. The Kier molecular flexibility index (Phi) is 3.58. The highest BCUT2D eigenvalue weighted by atomic mass is 16.5. The van der Waals surface area contributed by atoms with Crippen LogP contribution in [-0.2, 0) is 4.74 Å². The highest BCUT2D eigenvalue weighted by Gasteiger charge is 2.19. The van der Waals surface area contributed by atoms with Gasteiger partial charge in [-0.25, -0.2) is 10.8 Å². The molecule has 2 heterocycles. The van der Waals surface area contributed by atoms with Gasteiger partial charge in [0.05, 0.1) is 6.10 Å². The number of piperidine rings is 1. The Morgan fingerprint density at radius 2 is 2.50 bits per heavy atom. The van der Waals surface area contributed by atoms with Crippen LogP contribution in [0.3, 0.4) is 0 Å². The molecule has 1 aromatic heterocycles. The van der Waals surface area contributed by atoms with Gasteiger partial charge in [0.1, 0.15) is 5.82 Å². The fourth-order valence-corrected chi connectivity index (χ4v) is 2.06. The SMILES string of the molecule is COC1CCCN(c2ccnc(NN)c2)C1. The molecule has 3 N–H and O–H groups in total. The molecule has 0 spiro atoms. The first kappa shape index (κ1) is 11.2. The first-order valence-electron chi connectivity index (χ1n) is 5.54. The van der Waals surface area contributed by atoms with Gasteiger partial charge in [-0.1, -0.05) is 0 Å². The number of aromatic nitrogens is 1. The van der Waals surface area contributed by atoms with Crippen molar-refractivity contribution in [2.75, 3.05) is 30.5 Å². The number of ether oxygens (including phenoxy) is 1. The lowest BCUT2D eigenvalue weighted by Gasteiger charge is -2.33. The summed E-state index contributed by atoms with van der Waals surface area (Å²) in [7, 11) is 1.77. The molecule has 1 aromatic rings. The second-order valence-corrected chi connectivity index (χ2v) is 3.99. The summed E-state index contributed by atoms with van der Waals surface area (Å²) >= 11 is 0. The summed E-state index contributed by atoms with van der Waals surface area (Å²) in [6.45, 7) is 2.00. The minimum Gasteiger partial charge on any atom is -0.380 e. The number of pyridine rings is 1. The largest absolute Gasteiger partial charge is 0.380 e.